The molecule has 0 aromatic rings. The third kappa shape index (κ3) is 4.03. The fraction of sp³-hybridized carbons (Fsp3) is 1.00. The monoisotopic (exact) mass is 356 g/mol. The molecule has 142 valence electrons. The van der Waals surface area contributed by atoms with Gasteiger partial charge in [-0.25, -0.2) is 0 Å². The van der Waals surface area contributed by atoms with Gasteiger partial charge in [0.05, 0.1) is 19.3 Å². The molecule has 0 aromatic carbocycles. The number of rotatable bonds is 4. The van der Waals surface area contributed by atoms with Crippen LogP contribution in [0.5, 0.6) is 0 Å². The van der Waals surface area contributed by atoms with Crippen molar-refractivity contribution in [3.63, 3.8) is 0 Å². The lowest BCUT2D eigenvalue weighted by Gasteiger charge is -2.42. The van der Waals surface area contributed by atoms with Gasteiger partial charge < -0.3 is 55.1 Å². The van der Waals surface area contributed by atoms with Gasteiger partial charge in [-0.1, -0.05) is 0 Å². The highest BCUT2D eigenvalue weighted by Gasteiger charge is 2.47. The van der Waals surface area contributed by atoms with Crippen LogP contribution in [0.4, 0.5) is 0 Å². The van der Waals surface area contributed by atoms with Crippen LogP contribution < -0.4 is 0 Å². The van der Waals surface area contributed by atoms with Crippen molar-refractivity contribution >= 4 is 0 Å². The van der Waals surface area contributed by atoms with E-state index in [0.29, 0.717) is 0 Å². The molecule has 2 rings (SSSR count). The summed E-state index contributed by atoms with van der Waals surface area (Å²) in [5.41, 5.74) is 0. The van der Waals surface area contributed by atoms with Crippen molar-refractivity contribution in [2.45, 2.75) is 67.8 Å². The van der Waals surface area contributed by atoms with E-state index in [9.17, 15) is 35.7 Å². The summed E-state index contributed by atoms with van der Waals surface area (Å²) in [6, 6.07) is 0. The van der Waals surface area contributed by atoms with Crippen LogP contribution in [0.3, 0.4) is 0 Å². The van der Waals surface area contributed by atoms with Crippen LogP contribution in [0.1, 0.15) is 6.42 Å². The van der Waals surface area contributed by atoms with Gasteiger partial charge in [0.25, 0.3) is 0 Å². The van der Waals surface area contributed by atoms with E-state index in [2.05, 4.69) is 0 Å². The Balaban J connectivity index is 2.13. The third-order valence-corrected chi connectivity index (χ3v) is 4.19. The zero-order valence-corrected chi connectivity index (χ0v) is 12.7. The summed E-state index contributed by atoms with van der Waals surface area (Å²) in [5.74, 6) is 0. The van der Waals surface area contributed by atoms with Crippen LogP contribution in [0.2, 0.25) is 0 Å². The number of ether oxygens (including phenoxy) is 3. The Bertz CT molecular complexity index is 394. The second-order valence-corrected chi connectivity index (χ2v) is 5.92. The van der Waals surface area contributed by atoms with Crippen LogP contribution in [0.15, 0.2) is 0 Å². The van der Waals surface area contributed by atoms with E-state index in [1.807, 2.05) is 0 Å². The lowest BCUT2D eigenvalue weighted by atomic mass is 9.98. The van der Waals surface area contributed by atoms with Crippen molar-refractivity contribution in [2.75, 3.05) is 13.2 Å². The molecule has 0 bridgehead atoms. The highest BCUT2D eigenvalue weighted by atomic mass is 16.7. The SMILES string of the molecule is OCC1O[C@H](O[C@@H]2C(O)CC(O)[C@H](O)OC2CO)C(O)C(O)[C@@H]1O. The molecule has 11 nitrogen and oxygen atoms in total. The Morgan fingerprint density at radius 2 is 1.38 bits per heavy atom. The molecule has 0 saturated carbocycles. The Hall–Kier alpha value is -0.440. The molecule has 0 aliphatic carbocycles. The first-order valence-corrected chi connectivity index (χ1v) is 7.56. The van der Waals surface area contributed by atoms with Crippen molar-refractivity contribution in [1.29, 1.82) is 0 Å². The quantitative estimate of drug-likeness (QED) is 0.241. The average molecular weight is 356 g/mol. The van der Waals surface area contributed by atoms with E-state index in [0.717, 1.165) is 0 Å². The average Bonchev–Trinajstić information content (AvgIpc) is 2.66. The minimum atomic E-state index is -1.70. The Labute approximate surface area is 137 Å². The van der Waals surface area contributed by atoms with Crippen LogP contribution in [-0.2, 0) is 14.2 Å². The van der Waals surface area contributed by atoms with Crippen LogP contribution in [-0.4, -0.2) is 115 Å². The van der Waals surface area contributed by atoms with Gasteiger partial charge >= 0.3 is 0 Å². The summed E-state index contributed by atoms with van der Waals surface area (Å²) < 4.78 is 15.5. The molecule has 0 amide bonds. The number of aliphatic hydroxyl groups is 8. The fourth-order valence-corrected chi connectivity index (χ4v) is 2.75. The lowest BCUT2D eigenvalue weighted by molar-refractivity contribution is -0.327. The molecule has 2 aliphatic rings. The summed E-state index contributed by atoms with van der Waals surface area (Å²) in [6.45, 7) is -1.34. The van der Waals surface area contributed by atoms with E-state index in [-0.39, 0.29) is 6.42 Å². The normalized spacial score (nSPS) is 50.5. The molecule has 2 saturated heterocycles. The third-order valence-electron chi connectivity index (χ3n) is 4.19. The zero-order chi connectivity index (χ0) is 18.0. The maximum Gasteiger partial charge on any atom is 0.187 e. The van der Waals surface area contributed by atoms with Crippen molar-refractivity contribution in [3.8, 4) is 0 Å². The van der Waals surface area contributed by atoms with E-state index in [1.165, 1.54) is 0 Å². The highest BCUT2D eigenvalue weighted by Crippen LogP contribution is 2.27. The van der Waals surface area contributed by atoms with Crippen LogP contribution in [0, 0.1) is 0 Å². The maximum absolute atomic E-state index is 10.1. The van der Waals surface area contributed by atoms with Crippen molar-refractivity contribution in [3.05, 3.63) is 0 Å². The highest BCUT2D eigenvalue weighted by molar-refractivity contribution is 4.91. The second-order valence-electron chi connectivity index (χ2n) is 5.92. The van der Waals surface area contributed by atoms with E-state index in [4.69, 9.17) is 19.3 Å². The molecule has 0 radical (unpaired) electrons. The molecule has 2 aliphatic heterocycles. The smallest absolute Gasteiger partial charge is 0.187 e. The first-order chi connectivity index (χ1) is 11.3. The van der Waals surface area contributed by atoms with Gasteiger partial charge in [-0.2, -0.15) is 0 Å². The van der Waals surface area contributed by atoms with Gasteiger partial charge in [0, 0.05) is 6.42 Å². The van der Waals surface area contributed by atoms with Gasteiger partial charge in [0.2, 0.25) is 0 Å². The lowest BCUT2D eigenvalue weighted by Crippen LogP contribution is -2.61. The molecule has 0 aromatic heterocycles. The van der Waals surface area contributed by atoms with Crippen molar-refractivity contribution < 1.29 is 55.1 Å². The number of hydrogen-bond acceptors (Lipinski definition) is 11. The summed E-state index contributed by atoms with van der Waals surface area (Å²) in [4.78, 5) is 0. The summed E-state index contributed by atoms with van der Waals surface area (Å²) >= 11 is 0. The standard InChI is InChI=1S/C13H24O11/c14-2-6-8(18)9(19)10(20)13(23-6)24-11-4(16)1-5(17)12(21)22-7(11)3-15/h4-21H,1-3H2/t4?,5?,6?,7?,8-,9?,10?,11-,12-,13-/m1/s1. The molecule has 8 N–H and O–H groups in total. The summed E-state index contributed by atoms with van der Waals surface area (Å²) in [6.07, 6.45) is -15.1. The van der Waals surface area contributed by atoms with Gasteiger partial charge in [0.1, 0.15) is 42.7 Å². The van der Waals surface area contributed by atoms with Crippen LogP contribution >= 0.6 is 0 Å². The molecular weight excluding hydrogens is 332 g/mol. The minimum absolute atomic E-state index is 0.334. The second kappa shape index (κ2) is 8.29. The van der Waals surface area contributed by atoms with E-state index >= 15 is 0 Å². The Morgan fingerprint density at radius 1 is 0.750 bits per heavy atom. The zero-order valence-electron chi connectivity index (χ0n) is 12.7. The first kappa shape index (κ1) is 19.9. The summed E-state index contributed by atoms with van der Waals surface area (Å²) in [7, 11) is 0. The van der Waals surface area contributed by atoms with Gasteiger partial charge in [-0.05, 0) is 0 Å². The van der Waals surface area contributed by atoms with Gasteiger partial charge in [-0.3, -0.25) is 0 Å². The van der Waals surface area contributed by atoms with Crippen molar-refractivity contribution in [1.82, 2.24) is 0 Å². The molecule has 6 unspecified atom stereocenters. The van der Waals surface area contributed by atoms with E-state index < -0.39 is 74.6 Å². The number of aliphatic hydroxyl groups excluding tert-OH is 8. The molecule has 24 heavy (non-hydrogen) atoms. The largest absolute Gasteiger partial charge is 0.394 e. The fourth-order valence-electron chi connectivity index (χ4n) is 2.75. The molecule has 2 heterocycles. The molecule has 10 atom stereocenters. The van der Waals surface area contributed by atoms with Gasteiger partial charge in [-0.15, -0.1) is 0 Å². The summed E-state index contributed by atoms with van der Waals surface area (Å²) in [5, 5.41) is 77.2. The topological polar surface area (TPSA) is 190 Å². The molecular formula is C13H24O11. The minimum Gasteiger partial charge on any atom is -0.394 e. The van der Waals surface area contributed by atoms with E-state index in [1.54, 1.807) is 0 Å². The molecule has 0 spiro atoms. The van der Waals surface area contributed by atoms with Gasteiger partial charge in [0.15, 0.2) is 12.6 Å². The predicted molar refractivity (Wildman–Crippen MR) is 73.2 cm³/mol. The molecule has 2 fully saturated rings. The molecule has 11 heteroatoms. The maximum atomic E-state index is 10.1. The number of hydrogen-bond donors (Lipinski definition) is 8. The first-order valence-electron chi connectivity index (χ1n) is 7.56. The predicted octanol–water partition coefficient (Wildman–Crippen LogP) is -5.01. The Morgan fingerprint density at radius 3 is 1.96 bits per heavy atom. The Kier molecular flexibility index (Phi) is 6.87. The van der Waals surface area contributed by atoms with Crippen molar-refractivity contribution in [2.24, 2.45) is 0 Å². The van der Waals surface area contributed by atoms with Crippen LogP contribution in [0.25, 0.3) is 0 Å².